The molecule has 2 aliphatic rings. The van der Waals surface area contributed by atoms with E-state index in [2.05, 4.69) is 16.1 Å². The van der Waals surface area contributed by atoms with E-state index in [1.165, 1.54) is 13.2 Å². The molecule has 1 N–H and O–H groups in total. The van der Waals surface area contributed by atoms with Gasteiger partial charge in [0, 0.05) is 65.4 Å². The summed E-state index contributed by atoms with van der Waals surface area (Å²) in [7, 11) is 5.29. The molecule has 2 aliphatic heterocycles. The number of ether oxygens (including phenoxy) is 2. The smallest absolute Gasteiger partial charge is 0.354 e. The minimum Gasteiger partial charge on any atom is -0.493 e. The monoisotopic (exact) mass is 712 g/mol. The average molecular weight is 713 g/mol. The molecule has 8 rings (SSSR count). The maximum Gasteiger partial charge on any atom is 0.354 e. The number of aryl methyl sites for hydroxylation is 5. The largest absolute Gasteiger partial charge is 0.493 e. The zero-order valence-corrected chi connectivity index (χ0v) is 30.1. The lowest BCUT2D eigenvalue weighted by Crippen LogP contribution is -2.28. The number of benzene rings is 3. The van der Waals surface area contributed by atoms with Gasteiger partial charge in [-0.05, 0) is 86.0 Å². The number of thioether (sulfide) groups is 1. The van der Waals surface area contributed by atoms with Crippen molar-refractivity contribution >= 4 is 51.0 Å². The molecule has 0 unspecified atom stereocenters. The van der Waals surface area contributed by atoms with Crippen LogP contribution < -0.4 is 10.1 Å². The molecule has 0 amide bonds. The number of nitrogens with one attached hydrogen (secondary N) is 1. The first-order valence-electron chi connectivity index (χ1n) is 16.9. The zero-order valence-electron chi connectivity index (χ0n) is 28.5. The Morgan fingerprint density at radius 3 is 2.76 bits per heavy atom. The first-order chi connectivity index (χ1) is 24.2. The summed E-state index contributed by atoms with van der Waals surface area (Å²) >= 11 is 8.79. The van der Waals surface area contributed by atoms with Crippen molar-refractivity contribution in [1.29, 1.82) is 0 Å². The Bertz CT molecular complexity index is 2310. The first kappa shape index (κ1) is 32.9. The number of hydrogen-bond donors (Lipinski definition) is 1. The Morgan fingerprint density at radius 1 is 1.08 bits per heavy atom. The molecule has 258 valence electrons. The highest BCUT2D eigenvalue weighted by Gasteiger charge is 2.32. The fourth-order valence-electron chi connectivity index (χ4n) is 7.75. The van der Waals surface area contributed by atoms with Crippen molar-refractivity contribution in [3.8, 4) is 16.9 Å². The van der Waals surface area contributed by atoms with Crippen LogP contribution in [-0.2, 0) is 44.1 Å². The molecule has 0 radical (unpaired) electrons. The van der Waals surface area contributed by atoms with Crippen LogP contribution in [0.3, 0.4) is 0 Å². The molecule has 8 bridgehead atoms. The topological polar surface area (TPSA) is 88.1 Å². The van der Waals surface area contributed by atoms with E-state index in [4.69, 9.17) is 31.3 Å². The van der Waals surface area contributed by atoms with Gasteiger partial charge in [0.1, 0.15) is 17.3 Å². The lowest BCUT2D eigenvalue weighted by atomic mass is 9.93. The molecule has 5 heterocycles. The number of hydrogen-bond acceptors (Lipinski definition) is 7. The number of nitrogens with zero attached hydrogens (tertiary/aromatic N) is 5. The fourth-order valence-corrected chi connectivity index (χ4v) is 8.98. The van der Waals surface area contributed by atoms with Crippen molar-refractivity contribution in [3.63, 3.8) is 0 Å². The van der Waals surface area contributed by atoms with Gasteiger partial charge in [0.2, 0.25) is 0 Å². The number of carbonyl (C=O) groups excluding carboxylic acids is 1. The number of rotatable bonds is 1. The van der Waals surface area contributed by atoms with E-state index in [0.29, 0.717) is 48.2 Å². The van der Waals surface area contributed by atoms with Crippen LogP contribution in [0.4, 0.5) is 4.39 Å². The number of methoxy groups -OCH3 is 1. The Morgan fingerprint density at radius 2 is 1.92 bits per heavy atom. The summed E-state index contributed by atoms with van der Waals surface area (Å²) in [5.74, 6) is 0.693. The number of carbonyl (C=O) groups is 1. The third-order valence-electron chi connectivity index (χ3n) is 10.0. The first-order valence-corrected chi connectivity index (χ1v) is 18.3. The molecule has 0 fully saturated rings. The van der Waals surface area contributed by atoms with Crippen molar-refractivity contribution < 1.29 is 18.7 Å². The Kier molecular flexibility index (Phi) is 8.61. The SMILES string of the molecule is COC(=O)c1c2c3ccc(Cl)c(c3n1C)-c1c(C)nn3c1[C@@H](CCC3)NCc1cc(n(C)n1)CSc1cc(c3ccc(F)cc3c1)OCCC2. The van der Waals surface area contributed by atoms with Crippen LogP contribution in [0, 0.1) is 12.7 Å². The van der Waals surface area contributed by atoms with Gasteiger partial charge in [0.15, 0.2) is 0 Å². The average Bonchev–Trinajstić information content (AvgIpc) is 3.73. The normalized spacial score (nSPS) is 16.6. The number of esters is 1. The third-order valence-corrected chi connectivity index (χ3v) is 11.3. The molecule has 50 heavy (non-hydrogen) atoms. The van der Waals surface area contributed by atoms with Crippen molar-refractivity contribution in [1.82, 2.24) is 29.4 Å². The highest BCUT2D eigenvalue weighted by Crippen LogP contribution is 2.45. The summed E-state index contributed by atoms with van der Waals surface area (Å²) in [6.07, 6.45) is 3.14. The second kappa shape index (κ2) is 13.1. The van der Waals surface area contributed by atoms with Crippen molar-refractivity contribution in [2.75, 3.05) is 13.7 Å². The molecule has 0 aliphatic carbocycles. The van der Waals surface area contributed by atoms with Gasteiger partial charge in [-0.2, -0.15) is 10.2 Å². The minimum atomic E-state index is -0.406. The second-order valence-electron chi connectivity index (χ2n) is 13.1. The highest BCUT2D eigenvalue weighted by molar-refractivity contribution is 7.98. The van der Waals surface area contributed by atoms with E-state index < -0.39 is 5.97 Å². The standard InChI is InChI=1S/C38H38ClFN6O3S/c1-21-33-34-30(39)12-11-29-28(36(38(47)48-4)44(2)35(29)34)7-6-14-49-32-18-26(16-22-15-23(40)9-10-27(22)32)50-20-25-17-24(43-45(25)3)19-41-31-8-5-13-46(42-21)37(31)33/h9-12,15-18,31,41H,5-8,13-14,19-20H2,1-4H3/t31-/m1/s1. The predicted octanol–water partition coefficient (Wildman–Crippen LogP) is 8.06. The Hall–Kier alpha value is -4.32. The van der Waals surface area contributed by atoms with Crippen LogP contribution in [0.15, 0.2) is 53.4 Å². The summed E-state index contributed by atoms with van der Waals surface area (Å²) in [5.41, 5.74) is 8.13. The van der Waals surface area contributed by atoms with Crippen molar-refractivity contribution in [2.45, 2.75) is 62.4 Å². The predicted molar refractivity (Wildman–Crippen MR) is 195 cm³/mol. The van der Waals surface area contributed by atoms with Gasteiger partial charge in [-0.25, -0.2) is 9.18 Å². The molecule has 12 heteroatoms. The Balaban J connectivity index is 1.29. The summed E-state index contributed by atoms with van der Waals surface area (Å²) in [4.78, 5) is 14.4. The van der Waals surface area contributed by atoms with Gasteiger partial charge < -0.3 is 19.4 Å². The lowest BCUT2D eigenvalue weighted by molar-refractivity contribution is 0.0589. The van der Waals surface area contributed by atoms with E-state index in [1.807, 2.05) is 54.5 Å². The number of fused-ring (bicyclic) bond motifs is 7. The quantitative estimate of drug-likeness (QED) is 0.173. The van der Waals surface area contributed by atoms with Crippen molar-refractivity contribution in [2.24, 2.45) is 14.1 Å². The van der Waals surface area contributed by atoms with Gasteiger partial charge in [0.25, 0.3) is 0 Å². The minimum absolute atomic E-state index is 0.0218. The van der Waals surface area contributed by atoms with E-state index in [-0.39, 0.29) is 11.9 Å². The van der Waals surface area contributed by atoms with E-state index in [0.717, 1.165) is 85.4 Å². The maximum atomic E-state index is 14.4. The molecule has 0 saturated carbocycles. The van der Waals surface area contributed by atoms with Crippen molar-refractivity contribution in [3.05, 3.63) is 93.4 Å². The van der Waals surface area contributed by atoms with Gasteiger partial charge in [0.05, 0.1) is 47.4 Å². The molecule has 6 aromatic rings. The van der Waals surface area contributed by atoms with E-state index in [9.17, 15) is 9.18 Å². The second-order valence-corrected chi connectivity index (χ2v) is 14.6. The maximum absolute atomic E-state index is 14.4. The molecule has 0 spiro atoms. The van der Waals surface area contributed by atoms with Gasteiger partial charge in [-0.3, -0.25) is 9.36 Å². The van der Waals surface area contributed by atoms with Gasteiger partial charge in [-0.15, -0.1) is 11.8 Å². The van der Waals surface area contributed by atoms with Crippen LogP contribution in [0.5, 0.6) is 5.75 Å². The summed E-state index contributed by atoms with van der Waals surface area (Å²) in [6.45, 7) is 3.83. The molecule has 1 atom stereocenters. The summed E-state index contributed by atoms with van der Waals surface area (Å²) < 4.78 is 32.1. The molecular formula is C38H38ClFN6O3S. The number of halogens is 2. The van der Waals surface area contributed by atoms with Crippen LogP contribution in [0.25, 0.3) is 32.8 Å². The third kappa shape index (κ3) is 5.65. The van der Waals surface area contributed by atoms with Crippen LogP contribution in [0.2, 0.25) is 5.02 Å². The molecule has 0 saturated heterocycles. The lowest BCUT2D eigenvalue weighted by Gasteiger charge is -2.26. The summed E-state index contributed by atoms with van der Waals surface area (Å²) in [5, 5.41) is 16.8. The molecule has 3 aromatic heterocycles. The van der Waals surface area contributed by atoms with Crippen LogP contribution in [0.1, 0.15) is 64.1 Å². The highest BCUT2D eigenvalue weighted by atomic mass is 35.5. The van der Waals surface area contributed by atoms with Crippen LogP contribution >= 0.6 is 23.4 Å². The Labute approximate surface area is 298 Å². The van der Waals surface area contributed by atoms with Crippen LogP contribution in [-0.4, -0.2) is 43.8 Å². The zero-order chi connectivity index (χ0) is 34.7. The molecule has 3 aromatic carbocycles. The van der Waals surface area contributed by atoms with Gasteiger partial charge >= 0.3 is 5.97 Å². The van der Waals surface area contributed by atoms with E-state index >= 15 is 0 Å². The molecular weight excluding hydrogens is 675 g/mol. The molecule has 9 nitrogen and oxygen atoms in total. The van der Waals surface area contributed by atoms with E-state index in [1.54, 1.807) is 23.9 Å². The van der Waals surface area contributed by atoms with Gasteiger partial charge in [-0.1, -0.05) is 17.7 Å². The fraction of sp³-hybridized carbons (Fsp3) is 0.342. The summed E-state index contributed by atoms with van der Waals surface area (Å²) in [6, 6.07) is 14.9. The number of aromatic nitrogens is 5.